The lowest BCUT2D eigenvalue weighted by molar-refractivity contribution is 0.0342. The molecule has 0 unspecified atom stereocenters. The van der Waals surface area contributed by atoms with Gasteiger partial charge in [0, 0.05) is 74.5 Å². The molecule has 2 saturated heterocycles. The first-order chi connectivity index (χ1) is 20.8. The monoisotopic (exact) mass is 584 g/mol. The summed E-state index contributed by atoms with van der Waals surface area (Å²) in [5.41, 5.74) is 9.27. The van der Waals surface area contributed by atoms with Crippen molar-refractivity contribution in [2.24, 2.45) is 0 Å². The van der Waals surface area contributed by atoms with Crippen molar-refractivity contribution in [1.29, 1.82) is 0 Å². The Balaban J connectivity index is 1.47. The van der Waals surface area contributed by atoms with Crippen LogP contribution in [-0.2, 0) is 22.6 Å². The number of aromatic amines is 1. The van der Waals surface area contributed by atoms with Gasteiger partial charge in [-0.1, -0.05) is 29.7 Å². The molecule has 2 aliphatic rings. The van der Waals surface area contributed by atoms with Gasteiger partial charge in [0.2, 0.25) is 0 Å². The Kier molecular flexibility index (Phi) is 10.1. The van der Waals surface area contributed by atoms with E-state index in [1.54, 1.807) is 0 Å². The minimum Gasteiger partial charge on any atom is -0.381 e. The number of benzene rings is 2. The van der Waals surface area contributed by atoms with Crippen LogP contribution in [0.4, 0.5) is 5.69 Å². The maximum atomic E-state index is 13.8. The number of aryl methyl sites for hydroxylation is 1. The lowest BCUT2D eigenvalue weighted by Crippen LogP contribution is -2.40. The molecule has 0 atom stereocenters. The highest BCUT2D eigenvalue weighted by molar-refractivity contribution is 6.34. The molecule has 3 aromatic rings. The second kappa shape index (κ2) is 13.9. The van der Waals surface area contributed by atoms with E-state index in [2.05, 4.69) is 57.4 Å². The summed E-state index contributed by atoms with van der Waals surface area (Å²) in [6.07, 6.45) is 1.92. The van der Waals surface area contributed by atoms with Gasteiger partial charge in [0.1, 0.15) is 7.85 Å². The van der Waals surface area contributed by atoms with Crippen molar-refractivity contribution in [3.8, 4) is 11.1 Å². The van der Waals surface area contributed by atoms with E-state index in [1.165, 1.54) is 5.56 Å². The van der Waals surface area contributed by atoms with Gasteiger partial charge in [-0.15, -0.1) is 0 Å². The Morgan fingerprint density at radius 2 is 1.67 bits per heavy atom. The van der Waals surface area contributed by atoms with E-state index in [9.17, 15) is 9.59 Å². The van der Waals surface area contributed by atoms with Gasteiger partial charge >= 0.3 is 0 Å². The number of amides is 1. The van der Waals surface area contributed by atoms with E-state index >= 15 is 0 Å². The number of rotatable bonds is 9. The molecular formula is C34H45BN4O4. The van der Waals surface area contributed by atoms with Crippen LogP contribution in [0, 0.1) is 20.8 Å². The summed E-state index contributed by atoms with van der Waals surface area (Å²) in [5.74, 6) is -0.176. The molecule has 1 aromatic heterocycles. The number of hydrogen-bond acceptors (Lipinski definition) is 6. The van der Waals surface area contributed by atoms with Gasteiger partial charge in [-0.2, -0.15) is 0 Å². The predicted molar refractivity (Wildman–Crippen MR) is 175 cm³/mol. The number of pyridine rings is 1. The molecule has 0 saturated carbocycles. The first-order valence-corrected chi connectivity index (χ1v) is 15.6. The summed E-state index contributed by atoms with van der Waals surface area (Å²) >= 11 is 0. The third-order valence-electron chi connectivity index (χ3n) is 9.28. The van der Waals surface area contributed by atoms with Crippen molar-refractivity contribution in [3.05, 3.63) is 80.3 Å². The Hall–Kier alpha value is -3.40. The van der Waals surface area contributed by atoms with E-state index in [1.807, 2.05) is 34.7 Å². The molecule has 2 N–H and O–H groups in total. The van der Waals surface area contributed by atoms with Crippen molar-refractivity contribution in [2.75, 3.05) is 51.0 Å². The standard InChI is InChI=1S/C34H45BN4O4/c1-5-39(28-10-14-42-15-11-28)31-19-27(26-8-6-25(7-9-26)21-38-12-16-43-17-13-38)18-29(22(31)2)33(40)36-20-30-23(3)32(35)24(4)37-34(30)41/h6-9,18-19,28H,5,10-17,20-21,35H2,1-4H3,(H,36,40)(H,37,41). The molecule has 0 spiro atoms. The first kappa shape index (κ1) is 31.0. The van der Waals surface area contributed by atoms with Crippen molar-refractivity contribution < 1.29 is 14.3 Å². The highest BCUT2D eigenvalue weighted by Crippen LogP contribution is 2.34. The number of nitrogens with zero attached hydrogens (tertiary/aromatic N) is 2. The molecular weight excluding hydrogens is 539 g/mol. The molecule has 0 bridgehead atoms. The zero-order chi connectivity index (χ0) is 30.5. The number of carbonyl (C=O) groups excluding carboxylic acids is 1. The van der Waals surface area contributed by atoms with Gasteiger partial charge in [-0.3, -0.25) is 14.5 Å². The van der Waals surface area contributed by atoms with Crippen LogP contribution >= 0.6 is 0 Å². The average molecular weight is 585 g/mol. The molecule has 2 fully saturated rings. The zero-order valence-corrected chi connectivity index (χ0v) is 26.3. The minimum atomic E-state index is -0.176. The van der Waals surface area contributed by atoms with Gasteiger partial charge in [-0.05, 0) is 80.5 Å². The van der Waals surface area contributed by atoms with Gasteiger partial charge in [-0.25, -0.2) is 0 Å². The summed E-state index contributed by atoms with van der Waals surface area (Å²) in [6, 6.07) is 13.3. The van der Waals surface area contributed by atoms with E-state index < -0.39 is 0 Å². The molecule has 0 radical (unpaired) electrons. The van der Waals surface area contributed by atoms with Gasteiger partial charge < -0.3 is 24.7 Å². The number of aromatic nitrogens is 1. The fourth-order valence-electron chi connectivity index (χ4n) is 6.34. The van der Waals surface area contributed by atoms with Crippen molar-refractivity contribution in [1.82, 2.24) is 15.2 Å². The molecule has 3 heterocycles. The summed E-state index contributed by atoms with van der Waals surface area (Å²) in [7, 11) is 1.99. The van der Waals surface area contributed by atoms with E-state index in [4.69, 9.17) is 9.47 Å². The SMILES string of the molecule is Bc1c(C)[nH]c(=O)c(CNC(=O)c2cc(-c3ccc(CN4CCOCC4)cc3)cc(N(CC)C3CCOCC3)c2C)c1C. The van der Waals surface area contributed by atoms with Crippen molar-refractivity contribution >= 4 is 24.9 Å². The molecule has 43 heavy (non-hydrogen) atoms. The Morgan fingerprint density at radius 1 is 1.00 bits per heavy atom. The van der Waals surface area contributed by atoms with Crippen LogP contribution in [0.25, 0.3) is 11.1 Å². The van der Waals surface area contributed by atoms with Crippen LogP contribution in [0.5, 0.6) is 0 Å². The lowest BCUT2D eigenvalue weighted by Gasteiger charge is -2.37. The second-order valence-corrected chi connectivity index (χ2v) is 11.9. The van der Waals surface area contributed by atoms with Crippen LogP contribution in [0.15, 0.2) is 41.2 Å². The molecule has 2 aliphatic heterocycles. The smallest absolute Gasteiger partial charge is 0.253 e. The number of ether oxygens (including phenoxy) is 2. The molecule has 2 aromatic carbocycles. The van der Waals surface area contributed by atoms with E-state index in [0.717, 1.165) is 105 Å². The molecule has 8 nitrogen and oxygen atoms in total. The fraction of sp³-hybridized carbons (Fsp3) is 0.471. The minimum absolute atomic E-state index is 0.152. The van der Waals surface area contributed by atoms with Crippen molar-refractivity contribution in [2.45, 2.75) is 59.7 Å². The highest BCUT2D eigenvalue weighted by atomic mass is 16.5. The van der Waals surface area contributed by atoms with Gasteiger partial charge in [0.15, 0.2) is 0 Å². The number of carbonyl (C=O) groups is 1. The zero-order valence-electron chi connectivity index (χ0n) is 26.3. The number of H-pyrrole nitrogens is 1. The number of anilines is 1. The van der Waals surface area contributed by atoms with Crippen LogP contribution in [0.1, 0.15) is 58.1 Å². The number of morpholine rings is 1. The molecule has 5 rings (SSSR count). The Labute approximate surface area is 256 Å². The maximum absolute atomic E-state index is 13.8. The van der Waals surface area contributed by atoms with Crippen LogP contribution in [0.2, 0.25) is 0 Å². The third-order valence-corrected chi connectivity index (χ3v) is 9.28. The normalized spacial score (nSPS) is 16.3. The highest BCUT2D eigenvalue weighted by Gasteiger charge is 2.25. The third kappa shape index (κ3) is 7.06. The fourth-order valence-corrected chi connectivity index (χ4v) is 6.34. The summed E-state index contributed by atoms with van der Waals surface area (Å²) < 4.78 is 11.2. The number of nitrogens with one attached hydrogen (secondary N) is 2. The lowest BCUT2D eigenvalue weighted by atomic mass is 9.87. The van der Waals surface area contributed by atoms with Crippen LogP contribution in [-0.4, -0.2) is 75.7 Å². The van der Waals surface area contributed by atoms with Gasteiger partial charge in [0.05, 0.1) is 13.2 Å². The quantitative estimate of drug-likeness (QED) is 0.377. The van der Waals surface area contributed by atoms with Crippen LogP contribution < -0.4 is 21.2 Å². The van der Waals surface area contributed by atoms with Gasteiger partial charge in [0.25, 0.3) is 11.5 Å². The molecule has 0 aliphatic carbocycles. The maximum Gasteiger partial charge on any atom is 0.253 e. The van der Waals surface area contributed by atoms with Crippen molar-refractivity contribution in [3.63, 3.8) is 0 Å². The summed E-state index contributed by atoms with van der Waals surface area (Å²) in [6.45, 7) is 15.0. The second-order valence-electron chi connectivity index (χ2n) is 11.9. The van der Waals surface area contributed by atoms with E-state index in [0.29, 0.717) is 17.2 Å². The Morgan fingerprint density at radius 3 is 2.35 bits per heavy atom. The molecule has 9 heteroatoms. The predicted octanol–water partition coefficient (Wildman–Crippen LogP) is 2.99. The topological polar surface area (TPSA) is 86.9 Å². The molecule has 1 amide bonds. The Bertz CT molecular complexity index is 1490. The van der Waals surface area contributed by atoms with E-state index in [-0.39, 0.29) is 18.0 Å². The van der Waals surface area contributed by atoms with Crippen LogP contribution in [0.3, 0.4) is 0 Å². The summed E-state index contributed by atoms with van der Waals surface area (Å²) in [5, 5.41) is 3.07. The average Bonchev–Trinajstić information content (AvgIpc) is 3.02. The largest absolute Gasteiger partial charge is 0.381 e. The summed E-state index contributed by atoms with van der Waals surface area (Å²) in [4.78, 5) is 34.3. The number of hydrogen-bond donors (Lipinski definition) is 2. The first-order valence-electron chi connectivity index (χ1n) is 15.6. The molecule has 228 valence electrons.